The normalized spacial score (nSPS) is 23.3. The van der Waals surface area contributed by atoms with Gasteiger partial charge in [-0.2, -0.15) is 0 Å². The number of nitrogens with zero attached hydrogens (tertiary/aromatic N) is 4. The topological polar surface area (TPSA) is 48.4 Å². The minimum Gasteiger partial charge on any atom is -0.421 e. The quantitative estimate of drug-likeness (QED) is 0.531. The van der Waals surface area contributed by atoms with E-state index < -0.39 is 17.8 Å². The number of anilines is 1. The number of carbonyl (C=O) groups excluding carboxylic acids is 1. The molecular formula is C17H19FN4O2. The van der Waals surface area contributed by atoms with Crippen LogP contribution >= 0.6 is 0 Å². The number of esters is 1. The number of likely N-dealkylation sites (N-methyl/N-ethyl adjacent to an activating group) is 1. The molecule has 4 rings (SSSR count). The second kappa shape index (κ2) is 5.04. The van der Waals surface area contributed by atoms with E-state index >= 15 is 0 Å². The van der Waals surface area contributed by atoms with Crippen LogP contribution < -0.4 is 9.64 Å². The van der Waals surface area contributed by atoms with E-state index in [2.05, 4.69) is 16.5 Å². The summed E-state index contributed by atoms with van der Waals surface area (Å²) in [6.07, 6.45) is 0. The Morgan fingerprint density at radius 2 is 2.12 bits per heavy atom. The van der Waals surface area contributed by atoms with Crippen molar-refractivity contribution in [2.45, 2.75) is 13.0 Å². The largest absolute Gasteiger partial charge is 0.421 e. The van der Waals surface area contributed by atoms with Crippen molar-refractivity contribution in [2.24, 2.45) is 4.99 Å². The molecule has 3 aliphatic rings. The van der Waals surface area contributed by atoms with Crippen molar-refractivity contribution in [3.8, 4) is 5.75 Å². The molecule has 24 heavy (non-hydrogen) atoms. The zero-order chi connectivity index (χ0) is 17.2. The van der Waals surface area contributed by atoms with E-state index in [4.69, 9.17) is 4.74 Å². The number of ether oxygens (including phenoxy) is 1. The van der Waals surface area contributed by atoms with Gasteiger partial charge in [0.05, 0.1) is 11.3 Å². The lowest BCUT2D eigenvalue weighted by Crippen LogP contribution is -2.57. The first-order valence-corrected chi connectivity index (χ1v) is 7.90. The number of aryl methyl sites for hydroxylation is 1. The smallest absolute Gasteiger partial charge is 0.335 e. The van der Waals surface area contributed by atoms with Crippen LogP contribution in [-0.2, 0) is 4.79 Å². The van der Waals surface area contributed by atoms with E-state index in [1.54, 1.807) is 17.9 Å². The highest BCUT2D eigenvalue weighted by atomic mass is 19.1. The number of hydrogen-bond donors (Lipinski definition) is 0. The molecule has 1 atom stereocenters. The minimum absolute atomic E-state index is 0.0230. The Morgan fingerprint density at radius 3 is 2.88 bits per heavy atom. The molecule has 1 aromatic carbocycles. The highest BCUT2D eigenvalue weighted by molar-refractivity contribution is 6.11. The predicted molar refractivity (Wildman–Crippen MR) is 88.8 cm³/mol. The summed E-state index contributed by atoms with van der Waals surface area (Å²) in [6, 6.07) is 1.25. The molecule has 0 aliphatic carbocycles. The van der Waals surface area contributed by atoms with E-state index in [1.165, 1.54) is 0 Å². The third kappa shape index (κ3) is 1.97. The van der Waals surface area contributed by atoms with Gasteiger partial charge in [0.1, 0.15) is 17.7 Å². The lowest BCUT2D eigenvalue weighted by molar-refractivity contribution is -0.140. The molecule has 1 saturated heterocycles. The molecule has 1 unspecified atom stereocenters. The first kappa shape index (κ1) is 15.1. The second-order valence-electron chi connectivity index (χ2n) is 6.53. The van der Waals surface area contributed by atoms with Crippen LogP contribution in [0, 0.1) is 12.7 Å². The highest BCUT2D eigenvalue weighted by Crippen LogP contribution is 2.41. The van der Waals surface area contributed by atoms with Gasteiger partial charge in [0.25, 0.3) is 0 Å². The molecule has 0 aromatic heterocycles. The third-order valence-corrected chi connectivity index (χ3v) is 4.92. The fourth-order valence-corrected chi connectivity index (χ4v) is 3.47. The standard InChI is InChI=1S/C17H19FN4O2/c1-9-7-11-13-15(14(9)18)24-17(23)12-8-20(3)5-6-22(12)16(13)19-10(2)21(11)4/h7,12H,2,5-6,8H2,1,3-4H3. The molecule has 126 valence electrons. The van der Waals surface area contributed by atoms with Crippen molar-refractivity contribution in [1.29, 1.82) is 0 Å². The van der Waals surface area contributed by atoms with Crippen LogP contribution in [0.4, 0.5) is 10.1 Å². The molecular weight excluding hydrogens is 311 g/mol. The van der Waals surface area contributed by atoms with E-state index in [0.29, 0.717) is 35.9 Å². The predicted octanol–water partition coefficient (Wildman–Crippen LogP) is 1.34. The molecule has 0 N–H and O–H groups in total. The summed E-state index contributed by atoms with van der Waals surface area (Å²) in [6.45, 7) is 7.58. The maximum atomic E-state index is 14.7. The Kier molecular flexibility index (Phi) is 3.18. The number of hydrogen-bond acceptors (Lipinski definition) is 6. The Bertz CT molecular complexity index is 804. The van der Waals surface area contributed by atoms with Crippen molar-refractivity contribution in [3.05, 3.63) is 35.4 Å². The molecule has 1 fully saturated rings. The Morgan fingerprint density at radius 1 is 1.38 bits per heavy atom. The number of carbonyl (C=O) groups is 1. The monoisotopic (exact) mass is 330 g/mol. The van der Waals surface area contributed by atoms with Crippen LogP contribution in [0.25, 0.3) is 0 Å². The molecule has 0 saturated carbocycles. The van der Waals surface area contributed by atoms with Gasteiger partial charge in [0.15, 0.2) is 11.6 Å². The average Bonchev–Trinajstić information content (AvgIpc) is 2.66. The fourth-order valence-electron chi connectivity index (χ4n) is 3.47. The van der Waals surface area contributed by atoms with Gasteiger partial charge < -0.3 is 19.4 Å². The van der Waals surface area contributed by atoms with E-state index in [-0.39, 0.29) is 5.75 Å². The number of amidine groups is 1. The first-order chi connectivity index (χ1) is 11.4. The summed E-state index contributed by atoms with van der Waals surface area (Å²) < 4.78 is 20.2. The van der Waals surface area contributed by atoms with Gasteiger partial charge in [-0.1, -0.05) is 6.58 Å². The molecule has 3 aliphatic heterocycles. The summed E-state index contributed by atoms with van der Waals surface area (Å²) in [5.74, 6) is 0.153. The molecule has 0 amide bonds. The SMILES string of the molecule is C=C1N=C2c3c(cc(C)c(F)c3OC(=O)C3CN(C)CCN23)N1C. The van der Waals surface area contributed by atoms with Crippen LogP contribution in [-0.4, -0.2) is 61.4 Å². The third-order valence-electron chi connectivity index (χ3n) is 4.92. The lowest BCUT2D eigenvalue weighted by Gasteiger charge is -2.40. The van der Waals surface area contributed by atoms with E-state index in [1.807, 2.05) is 19.0 Å². The summed E-state index contributed by atoms with van der Waals surface area (Å²) in [7, 11) is 3.78. The molecule has 0 radical (unpaired) electrons. The Hall–Kier alpha value is -2.41. The summed E-state index contributed by atoms with van der Waals surface area (Å²) in [5, 5.41) is 0. The maximum absolute atomic E-state index is 14.7. The summed E-state index contributed by atoms with van der Waals surface area (Å²) in [4.78, 5) is 23.0. The number of benzene rings is 1. The van der Waals surface area contributed by atoms with Gasteiger partial charge in [-0.3, -0.25) is 0 Å². The van der Waals surface area contributed by atoms with Gasteiger partial charge in [-0.15, -0.1) is 0 Å². The van der Waals surface area contributed by atoms with Crippen molar-refractivity contribution < 1.29 is 13.9 Å². The molecule has 6 nitrogen and oxygen atoms in total. The number of piperazine rings is 1. The lowest BCUT2D eigenvalue weighted by atomic mass is 10.0. The number of aliphatic imine (C=N–C) groups is 1. The fraction of sp³-hybridized carbons (Fsp3) is 0.412. The molecule has 0 spiro atoms. The van der Waals surface area contributed by atoms with Gasteiger partial charge in [0.2, 0.25) is 0 Å². The number of fused-ring (bicyclic) bond motifs is 2. The van der Waals surface area contributed by atoms with Crippen LogP contribution in [0.15, 0.2) is 23.5 Å². The van der Waals surface area contributed by atoms with Crippen molar-refractivity contribution in [3.63, 3.8) is 0 Å². The van der Waals surface area contributed by atoms with Crippen molar-refractivity contribution >= 4 is 17.5 Å². The summed E-state index contributed by atoms with van der Waals surface area (Å²) >= 11 is 0. The Labute approximate surface area is 139 Å². The van der Waals surface area contributed by atoms with Crippen molar-refractivity contribution in [1.82, 2.24) is 9.80 Å². The highest BCUT2D eigenvalue weighted by Gasteiger charge is 2.43. The van der Waals surface area contributed by atoms with Gasteiger partial charge in [-0.25, -0.2) is 14.2 Å². The van der Waals surface area contributed by atoms with Gasteiger partial charge >= 0.3 is 5.97 Å². The van der Waals surface area contributed by atoms with Crippen LogP contribution in [0.3, 0.4) is 0 Å². The van der Waals surface area contributed by atoms with Gasteiger partial charge in [-0.05, 0) is 25.6 Å². The minimum atomic E-state index is -0.510. The summed E-state index contributed by atoms with van der Waals surface area (Å²) in [5.41, 5.74) is 1.72. The van der Waals surface area contributed by atoms with Crippen LogP contribution in [0.1, 0.15) is 11.1 Å². The van der Waals surface area contributed by atoms with Gasteiger partial charge in [0, 0.05) is 26.7 Å². The van der Waals surface area contributed by atoms with E-state index in [0.717, 1.165) is 12.2 Å². The first-order valence-electron chi connectivity index (χ1n) is 7.90. The van der Waals surface area contributed by atoms with E-state index in [9.17, 15) is 9.18 Å². The second-order valence-corrected chi connectivity index (χ2v) is 6.53. The van der Waals surface area contributed by atoms with Crippen LogP contribution in [0.2, 0.25) is 0 Å². The molecule has 7 heteroatoms. The molecule has 0 bridgehead atoms. The average molecular weight is 330 g/mol. The molecule has 3 heterocycles. The zero-order valence-electron chi connectivity index (χ0n) is 14.0. The number of halogens is 1. The Balaban J connectivity index is 1.99. The van der Waals surface area contributed by atoms with Crippen molar-refractivity contribution in [2.75, 3.05) is 38.6 Å². The molecule has 1 aromatic rings. The maximum Gasteiger partial charge on any atom is 0.335 e. The zero-order valence-corrected chi connectivity index (χ0v) is 14.0. The number of rotatable bonds is 0. The van der Waals surface area contributed by atoms with Crippen LogP contribution in [0.5, 0.6) is 5.75 Å².